The number of fused-ring (bicyclic) bond motifs is 1. The van der Waals surface area contributed by atoms with Crippen LogP contribution >= 0.6 is 34.8 Å². The lowest BCUT2D eigenvalue weighted by Crippen LogP contribution is -2.40. The quantitative estimate of drug-likeness (QED) is 0.192. The van der Waals surface area contributed by atoms with Gasteiger partial charge in [0.25, 0.3) is 0 Å². The van der Waals surface area contributed by atoms with E-state index < -0.39 is 17.4 Å². The Labute approximate surface area is 260 Å². The molecule has 3 saturated carbocycles. The van der Waals surface area contributed by atoms with Gasteiger partial charge in [0, 0.05) is 28.3 Å². The van der Waals surface area contributed by atoms with E-state index in [1.54, 1.807) is 18.2 Å². The minimum atomic E-state index is -1.22. The predicted octanol–water partition coefficient (Wildman–Crippen LogP) is 7.55. The molecular weight excluding hydrogens is 622 g/mol. The van der Waals surface area contributed by atoms with Crippen LogP contribution in [0.2, 0.25) is 15.1 Å². The summed E-state index contributed by atoms with van der Waals surface area (Å²) >= 11 is 19.4. The van der Waals surface area contributed by atoms with E-state index >= 15 is 0 Å². The smallest absolute Gasteiger partial charge is 0.337 e. The van der Waals surface area contributed by atoms with E-state index in [1.807, 2.05) is 0 Å². The molecule has 0 spiro atoms. The largest absolute Gasteiger partial charge is 0.489 e. The summed E-state index contributed by atoms with van der Waals surface area (Å²) in [6.07, 6.45) is 3.89. The van der Waals surface area contributed by atoms with Crippen LogP contribution in [0, 0.1) is 11.7 Å². The van der Waals surface area contributed by atoms with Crippen LogP contribution in [-0.4, -0.2) is 33.4 Å². The molecule has 2 aromatic heterocycles. The summed E-state index contributed by atoms with van der Waals surface area (Å²) < 4.78 is 31.1. The van der Waals surface area contributed by atoms with Crippen molar-refractivity contribution >= 4 is 40.8 Å². The zero-order valence-electron chi connectivity index (χ0n) is 22.7. The highest BCUT2D eigenvalue weighted by molar-refractivity contribution is 6.39. The molecule has 4 aromatic rings. The fourth-order valence-electron chi connectivity index (χ4n) is 6.23. The molecule has 2 N–H and O–H groups in total. The molecule has 43 heavy (non-hydrogen) atoms. The van der Waals surface area contributed by atoms with Gasteiger partial charge in [-0.15, -0.1) is 0 Å². The lowest BCUT2D eigenvalue weighted by atomic mass is 9.65. The van der Waals surface area contributed by atoms with Gasteiger partial charge in [0.1, 0.15) is 29.6 Å². The van der Waals surface area contributed by atoms with Crippen molar-refractivity contribution in [3.05, 3.63) is 91.5 Å². The van der Waals surface area contributed by atoms with Crippen molar-refractivity contribution < 1.29 is 33.4 Å². The molecule has 0 atom stereocenters. The first-order chi connectivity index (χ1) is 20.5. The maximum absolute atomic E-state index is 13.9. The number of hydrogen-bond donors (Lipinski definition) is 2. The molecule has 2 heterocycles. The minimum absolute atomic E-state index is 0.0311. The van der Waals surface area contributed by atoms with Crippen molar-refractivity contribution in [3.8, 4) is 22.9 Å². The van der Waals surface area contributed by atoms with Gasteiger partial charge in [-0.1, -0.05) is 46.0 Å². The Hall–Kier alpha value is -3.37. The van der Waals surface area contributed by atoms with Crippen molar-refractivity contribution in [3.63, 3.8) is 0 Å². The molecule has 222 valence electrons. The summed E-state index contributed by atoms with van der Waals surface area (Å²) in [6, 6.07) is 8.97. The molecule has 3 fully saturated rings. The number of aromatic nitrogens is 2. The van der Waals surface area contributed by atoms with Gasteiger partial charge in [0.15, 0.2) is 0 Å². The number of hydrogen-bond acceptors (Lipinski definition) is 7. The first-order valence-electron chi connectivity index (χ1n) is 13.6. The van der Waals surface area contributed by atoms with Crippen LogP contribution in [0.5, 0.6) is 11.6 Å². The highest BCUT2D eigenvalue weighted by atomic mass is 35.5. The van der Waals surface area contributed by atoms with Crippen molar-refractivity contribution in [2.24, 2.45) is 5.92 Å². The second kappa shape index (κ2) is 10.1. The van der Waals surface area contributed by atoms with Gasteiger partial charge < -0.3 is 24.2 Å². The number of carboxylic acid groups (broad SMARTS) is 1. The highest BCUT2D eigenvalue weighted by Gasteiger charge is 2.73. The van der Waals surface area contributed by atoms with Crippen LogP contribution < -0.4 is 9.47 Å². The highest BCUT2D eigenvalue weighted by Crippen LogP contribution is 2.76. The molecule has 0 amide bonds. The first kappa shape index (κ1) is 28.4. The number of nitrogens with zero attached hydrogens (tertiary/aromatic N) is 2. The van der Waals surface area contributed by atoms with E-state index in [1.165, 1.54) is 31.5 Å². The fourth-order valence-corrected chi connectivity index (χ4v) is 7.22. The topological polar surface area (TPSA) is 115 Å². The second-order valence-corrected chi connectivity index (χ2v) is 12.8. The van der Waals surface area contributed by atoms with Gasteiger partial charge in [0.05, 0.1) is 38.9 Å². The molecule has 8 nitrogen and oxygen atoms in total. The Kier molecular flexibility index (Phi) is 6.66. The Morgan fingerprint density at radius 1 is 1.09 bits per heavy atom. The van der Waals surface area contributed by atoms with Gasteiger partial charge in [-0.25, -0.2) is 14.2 Å². The average molecular weight is 646 g/mol. The Morgan fingerprint density at radius 2 is 1.79 bits per heavy atom. The van der Waals surface area contributed by atoms with Crippen LogP contribution in [0.1, 0.15) is 64.4 Å². The predicted molar refractivity (Wildman–Crippen MR) is 156 cm³/mol. The number of aliphatic hydroxyl groups is 1. The number of carboxylic acids is 1. The second-order valence-electron chi connectivity index (χ2n) is 11.5. The zero-order chi connectivity index (χ0) is 30.3. The van der Waals surface area contributed by atoms with E-state index in [-0.39, 0.29) is 33.5 Å². The summed E-state index contributed by atoms with van der Waals surface area (Å²) in [5.74, 6) is 0.277. The van der Waals surface area contributed by atoms with Crippen molar-refractivity contribution in [1.29, 1.82) is 0 Å². The summed E-state index contributed by atoms with van der Waals surface area (Å²) in [4.78, 5) is 15.6. The monoisotopic (exact) mass is 644 g/mol. The number of benzene rings is 2. The third kappa shape index (κ3) is 4.73. The van der Waals surface area contributed by atoms with Crippen LogP contribution in [-0.2, 0) is 17.6 Å². The molecule has 12 heteroatoms. The van der Waals surface area contributed by atoms with Crippen molar-refractivity contribution in [2.75, 3.05) is 7.11 Å². The molecular formula is C31H24Cl3FN2O6. The molecule has 0 bridgehead atoms. The van der Waals surface area contributed by atoms with Gasteiger partial charge >= 0.3 is 5.97 Å². The lowest BCUT2D eigenvalue weighted by molar-refractivity contribution is -0.0554. The number of halogens is 4. The Balaban J connectivity index is 1.11. The summed E-state index contributed by atoms with van der Waals surface area (Å²) in [6.45, 7) is 0.0847. The third-order valence-electron chi connectivity index (χ3n) is 8.92. The summed E-state index contributed by atoms with van der Waals surface area (Å²) in [7, 11) is 1.47. The Morgan fingerprint density at radius 3 is 2.40 bits per heavy atom. The van der Waals surface area contributed by atoms with E-state index in [9.17, 15) is 19.4 Å². The van der Waals surface area contributed by atoms with E-state index in [0.29, 0.717) is 63.4 Å². The van der Waals surface area contributed by atoms with E-state index in [4.69, 9.17) is 48.8 Å². The van der Waals surface area contributed by atoms with Gasteiger partial charge in [-0.05, 0) is 67.9 Å². The molecule has 0 aliphatic heterocycles. The molecule has 0 radical (unpaired) electrons. The van der Waals surface area contributed by atoms with E-state index in [2.05, 4.69) is 10.1 Å². The van der Waals surface area contributed by atoms with Gasteiger partial charge in [-0.3, -0.25) is 0 Å². The number of pyridine rings is 1. The normalized spacial score (nSPS) is 25.1. The Bertz CT molecular complexity index is 1780. The first-order valence-corrected chi connectivity index (χ1v) is 14.7. The molecule has 3 aliphatic rings. The lowest BCUT2D eigenvalue weighted by Gasteiger charge is -2.44. The van der Waals surface area contributed by atoms with Crippen molar-refractivity contribution in [1.82, 2.24) is 10.1 Å². The number of ether oxygens (including phenoxy) is 2. The van der Waals surface area contributed by atoms with Crippen LogP contribution in [0.25, 0.3) is 11.3 Å². The van der Waals surface area contributed by atoms with Crippen LogP contribution in [0.3, 0.4) is 0 Å². The van der Waals surface area contributed by atoms with E-state index in [0.717, 1.165) is 18.6 Å². The maximum atomic E-state index is 13.9. The summed E-state index contributed by atoms with van der Waals surface area (Å²) in [5, 5.41) is 25.6. The SMILES string of the molecule is COc1ncc(C(=O)O)cc1C1CC(O)(c2ccc(OCc3c(-c4c(Cl)cc(F)cc4Cl)noc3C34CC3C4)cc2Cl)C1. The standard InChI is InChI=1S/C31H24Cl3FN2O6/c1-41-28-19(4-14(12-36-28)29(38)39)15-8-31(40,9-15)21-3-2-18(7-22(21)32)42-13-20-26(25-23(33)5-17(35)6-24(25)34)37-43-27(20)30-10-16(30)11-30/h2-7,12,15-16,40H,8-11,13H2,1H3,(H,38,39). The molecule has 3 aliphatic carbocycles. The number of methoxy groups -OCH3 is 1. The molecule has 0 saturated heterocycles. The van der Waals surface area contributed by atoms with Gasteiger partial charge in [-0.2, -0.15) is 0 Å². The average Bonchev–Trinajstić information content (AvgIpc) is 3.78. The van der Waals surface area contributed by atoms with Crippen LogP contribution in [0.4, 0.5) is 4.39 Å². The van der Waals surface area contributed by atoms with Crippen molar-refractivity contribution in [2.45, 2.75) is 49.2 Å². The minimum Gasteiger partial charge on any atom is -0.489 e. The number of aromatic carboxylic acids is 1. The third-order valence-corrected chi connectivity index (χ3v) is 9.83. The van der Waals surface area contributed by atoms with Gasteiger partial charge in [0.2, 0.25) is 5.88 Å². The fraction of sp³-hybridized carbons (Fsp3) is 0.323. The maximum Gasteiger partial charge on any atom is 0.337 e. The molecule has 0 unspecified atom stereocenters. The zero-order valence-corrected chi connectivity index (χ0v) is 24.9. The molecule has 7 rings (SSSR count). The van der Waals surface area contributed by atoms with Crippen LogP contribution in [0.15, 0.2) is 47.1 Å². The number of carbonyl (C=O) groups is 1. The summed E-state index contributed by atoms with van der Waals surface area (Å²) in [5.41, 5.74) is 1.44. The molecule has 2 aromatic carbocycles. The number of rotatable bonds is 9.